The molecule has 146 valence electrons. The van der Waals surface area contributed by atoms with Gasteiger partial charge in [0.1, 0.15) is 6.54 Å². The first kappa shape index (κ1) is 23.4. The Kier molecular flexibility index (Phi) is 10.7. The summed E-state index contributed by atoms with van der Waals surface area (Å²) in [6.45, 7) is 4.94. The summed E-state index contributed by atoms with van der Waals surface area (Å²) in [4.78, 5) is 21.4. The van der Waals surface area contributed by atoms with E-state index in [-0.39, 0.29) is 36.4 Å². The Morgan fingerprint density at radius 2 is 1.92 bits per heavy atom. The number of nitrogens with zero attached hydrogens (tertiary/aromatic N) is 3. The van der Waals surface area contributed by atoms with Crippen molar-refractivity contribution in [2.75, 3.05) is 40.3 Å². The fourth-order valence-corrected chi connectivity index (χ4v) is 3.85. The summed E-state index contributed by atoms with van der Waals surface area (Å²) in [7, 11) is 3.51. The van der Waals surface area contributed by atoms with Crippen molar-refractivity contribution in [3.05, 3.63) is 29.3 Å². The van der Waals surface area contributed by atoms with Crippen molar-refractivity contribution in [1.29, 1.82) is 0 Å². The van der Waals surface area contributed by atoms with Gasteiger partial charge in [0.25, 0.3) is 0 Å². The fraction of sp³-hybridized carbons (Fsp3) is 0.556. The Morgan fingerprint density at radius 3 is 2.46 bits per heavy atom. The van der Waals surface area contributed by atoms with Crippen LogP contribution in [0, 0.1) is 0 Å². The van der Waals surface area contributed by atoms with E-state index in [9.17, 15) is 4.79 Å². The smallest absolute Gasteiger partial charge is 0.243 e. The lowest BCUT2D eigenvalue weighted by Gasteiger charge is -2.34. The molecule has 0 aliphatic carbocycles. The average molecular weight is 511 g/mol. The number of rotatable bonds is 5. The fourth-order valence-electron chi connectivity index (χ4n) is 2.60. The lowest BCUT2D eigenvalue weighted by Crippen LogP contribution is -2.46. The van der Waals surface area contributed by atoms with Crippen molar-refractivity contribution < 1.29 is 4.79 Å². The second kappa shape index (κ2) is 11.9. The van der Waals surface area contributed by atoms with E-state index in [1.165, 1.54) is 4.90 Å². The number of carbonyl (C=O) groups excluding carboxylic acids is 1. The third kappa shape index (κ3) is 7.52. The van der Waals surface area contributed by atoms with Crippen LogP contribution in [0.2, 0.25) is 5.02 Å². The standard InChI is InChI=1S/C18H27ClN4OS.HI/c1-4-20-18(21-13-17(24)22(2)3)23-11-9-16(10-12-23)25-15-7-5-14(19)6-8-15;/h5-8,16H,4,9-13H2,1-3H3,(H,20,21);1H. The molecule has 0 radical (unpaired) electrons. The zero-order valence-electron chi connectivity index (χ0n) is 15.6. The Labute approximate surface area is 183 Å². The highest BCUT2D eigenvalue weighted by Crippen LogP contribution is 2.31. The molecule has 1 aliphatic rings. The van der Waals surface area contributed by atoms with Crippen LogP contribution in [0.15, 0.2) is 34.2 Å². The summed E-state index contributed by atoms with van der Waals surface area (Å²) in [6, 6.07) is 8.04. The third-order valence-electron chi connectivity index (χ3n) is 4.06. The largest absolute Gasteiger partial charge is 0.357 e. The summed E-state index contributed by atoms with van der Waals surface area (Å²) < 4.78 is 0. The second-order valence-corrected chi connectivity index (χ2v) is 8.03. The van der Waals surface area contributed by atoms with Gasteiger partial charge in [-0.25, -0.2) is 4.99 Å². The van der Waals surface area contributed by atoms with E-state index in [1.54, 1.807) is 19.0 Å². The number of likely N-dealkylation sites (tertiary alicyclic amines) is 1. The van der Waals surface area contributed by atoms with Crippen LogP contribution < -0.4 is 5.32 Å². The highest BCUT2D eigenvalue weighted by atomic mass is 127. The molecule has 0 saturated carbocycles. The summed E-state index contributed by atoms with van der Waals surface area (Å²) in [6.07, 6.45) is 2.19. The van der Waals surface area contributed by atoms with Crippen LogP contribution in [-0.2, 0) is 4.79 Å². The number of halogens is 2. The van der Waals surface area contributed by atoms with Crippen molar-refractivity contribution in [1.82, 2.24) is 15.1 Å². The van der Waals surface area contributed by atoms with Crippen LogP contribution in [-0.4, -0.2) is 67.2 Å². The number of nitrogens with one attached hydrogen (secondary N) is 1. The molecule has 1 heterocycles. The van der Waals surface area contributed by atoms with Crippen molar-refractivity contribution in [2.45, 2.75) is 29.9 Å². The van der Waals surface area contributed by atoms with E-state index in [0.717, 1.165) is 43.5 Å². The van der Waals surface area contributed by atoms with Gasteiger partial charge in [-0.1, -0.05) is 11.6 Å². The van der Waals surface area contributed by atoms with E-state index in [1.807, 2.05) is 30.8 Å². The number of carbonyl (C=O) groups is 1. The highest BCUT2D eigenvalue weighted by molar-refractivity contribution is 14.0. The minimum atomic E-state index is 0. The number of aliphatic imine (C=N–C) groups is 1. The van der Waals surface area contributed by atoms with Crippen molar-refractivity contribution in [3.63, 3.8) is 0 Å². The first-order valence-corrected chi connectivity index (χ1v) is 9.91. The molecule has 1 saturated heterocycles. The maximum atomic E-state index is 11.8. The lowest BCUT2D eigenvalue weighted by molar-refractivity contribution is -0.127. The van der Waals surface area contributed by atoms with E-state index in [4.69, 9.17) is 11.6 Å². The average Bonchev–Trinajstić information content (AvgIpc) is 2.61. The van der Waals surface area contributed by atoms with Crippen molar-refractivity contribution >= 4 is 59.2 Å². The zero-order valence-corrected chi connectivity index (χ0v) is 19.5. The van der Waals surface area contributed by atoms with Crippen molar-refractivity contribution in [2.24, 2.45) is 4.99 Å². The summed E-state index contributed by atoms with van der Waals surface area (Å²) in [5.41, 5.74) is 0. The Bertz CT molecular complexity index is 589. The van der Waals surface area contributed by atoms with E-state index >= 15 is 0 Å². The minimum Gasteiger partial charge on any atom is -0.357 e. The van der Waals surface area contributed by atoms with Gasteiger partial charge in [-0.15, -0.1) is 35.7 Å². The molecule has 0 atom stereocenters. The monoisotopic (exact) mass is 510 g/mol. The van der Waals surface area contributed by atoms with Gasteiger partial charge in [0.05, 0.1) is 0 Å². The topological polar surface area (TPSA) is 47.9 Å². The summed E-state index contributed by atoms with van der Waals surface area (Å²) >= 11 is 7.86. The zero-order chi connectivity index (χ0) is 18.2. The normalized spacial score (nSPS) is 15.4. The number of likely N-dealkylation sites (N-methyl/N-ethyl adjacent to an activating group) is 1. The number of piperidine rings is 1. The molecule has 8 heteroatoms. The molecule has 0 aromatic heterocycles. The van der Waals surface area contributed by atoms with Crippen molar-refractivity contribution in [3.8, 4) is 0 Å². The van der Waals surface area contributed by atoms with Gasteiger partial charge < -0.3 is 15.1 Å². The molecule has 26 heavy (non-hydrogen) atoms. The molecule has 0 spiro atoms. The molecule has 1 amide bonds. The number of amides is 1. The maximum Gasteiger partial charge on any atom is 0.243 e. The SMILES string of the molecule is CCNC(=NCC(=O)N(C)C)N1CCC(Sc2ccc(Cl)cc2)CC1.I. The lowest BCUT2D eigenvalue weighted by atomic mass is 10.1. The molecule has 5 nitrogen and oxygen atoms in total. The number of thioether (sulfide) groups is 1. The third-order valence-corrected chi connectivity index (χ3v) is 5.66. The van der Waals surface area contributed by atoms with E-state index in [2.05, 4.69) is 27.3 Å². The van der Waals surface area contributed by atoms with Gasteiger partial charge in [-0.2, -0.15) is 0 Å². The number of hydrogen-bond acceptors (Lipinski definition) is 3. The van der Waals surface area contributed by atoms with Gasteiger partial charge in [-0.05, 0) is 44.0 Å². The number of guanidine groups is 1. The highest BCUT2D eigenvalue weighted by Gasteiger charge is 2.22. The van der Waals surface area contributed by atoms with Crippen LogP contribution >= 0.6 is 47.3 Å². The molecule has 0 unspecified atom stereocenters. The van der Waals surface area contributed by atoms with E-state index < -0.39 is 0 Å². The van der Waals surface area contributed by atoms with Crippen LogP contribution in [0.3, 0.4) is 0 Å². The first-order chi connectivity index (χ1) is 12.0. The molecule has 2 rings (SSSR count). The van der Waals surface area contributed by atoms with Gasteiger partial charge >= 0.3 is 0 Å². The van der Waals surface area contributed by atoms with E-state index in [0.29, 0.717) is 5.25 Å². The van der Waals surface area contributed by atoms with Crippen LogP contribution in [0.4, 0.5) is 0 Å². The Hall–Kier alpha value is -0.670. The van der Waals surface area contributed by atoms with Gasteiger partial charge in [0.15, 0.2) is 5.96 Å². The van der Waals surface area contributed by atoms with Crippen LogP contribution in [0.1, 0.15) is 19.8 Å². The van der Waals surface area contributed by atoms with Crippen LogP contribution in [0.5, 0.6) is 0 Å². The predicted molar refractivity (Wildman–Crippen MR) is 122 cm³/mol. The van der Waals surface area contributed by atoms with Gasteiger partial charge in [-0.3, -0.25) is 4.79 Å². The summed E-state index contributed by atoms with van der Waals surface area (Å²) in [5, 5.41) is 4.68. The van der Waals surface area contributed by atoms with Gasteiger partial charge in [0.2, 0.25) is 5.91 Å². The molecular weight excluding hydrogens is 483 g/mol. The summed E-state index contributed by atoms with van der Waals surface area (Å²) in [5.74, 6) is 0.858. The quantitative estimate of drug-likeness (QED) is 0.374. The molecule has 1 fully saturated rings. The molecule has 1 aromatic rings. The molecule has 1 N–H and O–H groups in total. The molecule has 0 bridgehead atoms. The maximum absolute atomic E-state index is 11.8. The minimum absolute atomic E-state index is 0. The van der Waals surface area contributed by atoms with Crippen LogP contribution in [0.25, 0.3) is 0 Å². The number of benzene rings is 1. The number of hydrogen-bond donors (Lipinski definition) is 1. The second-order valence-electron chi connectivity index (χ2n) is 6.22. The van der Waals surface area contributed by atoms with Gasteiger partial charge in [0, 0.05) is 48.9 Å². The molecular formula is C18H28ClIN4OS. The Morgan fingerprint density at radius 1 is 1.31 bits per heavy atom. The molecule has 1 aromatic carbocycles. The Balaban J connectivity index is 0.00000338. The predicted octanol–water partition coefficient (Wildman–Crippen LogP) is 3.57. The first-order valence-electron chi connectivity index (χ1n) is 8.65. The molecule has 1 aliphatic heterocycles.